The number of unbranched alkanes of at least 4 members (excludes halogenated alkanes) is 2. The second-order valence-corrected chi connectivity index (χ2v) is 3.77. The minimum absolute atomic E-state index is 0.888. The van der Waals surface area contributed by atoms with Crippen LogP contribution in [0.4, 0.5) is 0 Å². The van der Waals surface area contributed by atoms with Crippen LogP contribution >= 0.6 is 0 Å². The smallest absolute Gasteiger partial charge is 0.0226 e. The molecule has 0 atom stereocenters. The summed E-state index contributed by atoms with van der Waals surface area (Å²) >= 11 is 0. The van der Waals surface area contributed by atoms with E-state index >= 15 is 0 Å². The van der Waals surface area contributed by atoms with Gasteiger partial charge >= 0.3 is 0 Å². The second kappa shape index (κ2) is 4.70. The van der Waals surface area contributed by atoms with Crippen molar-refractivity contribution in [1.29, 1.82) is 0 Å². The molecule has 0 aliphatic rings. The molecule has 0 radical (unpaired) electrons. The molecular weight excluding hydrogens is 182 g/mol. The number of benzene rings is 1. The van der Waals surface area contributed by atoms with Crippen LogP contribution in [-0.2, 0) is 6.42 Å². The van der Waals surface area contributed by atoms with E-state index in [0.717, 1.165) is 25.7 Å². The van der Waals surface area contributed by atoms with E-state index in [9.17, 15) is 0 Å². The van der Waals surface area contributed by atoms with Crippen LogP contribution < -0.4 is 0 Å². The topological polar surface area (TPSA) is 15.8 Å². The summed E-state index contributed by atoms with van der Waals surface area (Å²) in [6.07, 6.45) is 11.6. The van der Waals surface area contributed by atoms with Gasteiger partial charge in [0, 0.05) is 23.7 Å². The van der Waals surface area contributed by atoms with E-state index in [4.69, 9.17) is 6.42 Å². The van der Waals surface area contributed by atoms with Gasteiger partial charge in [0.15, 0.2) is 0 Å². The number of fused-ring (bicyclic) bond motifs is 1. The second-order valence-electron chi connectivity index (χ2n) is 3.77. The van der Waals surface area contributed by atoms with Crippen molar-refractivity contribution in [3.63, 3.8) is 0 Å². The Kier molecular flexibility index (Phi) is 3.09. The molecule has 0 spiro atoms. The quantitative estimate of drug-likeness (QED) is 0.570. The van der Waals surface area contributed by atoms with Gasteiger partial charge in [0.05, 0.1) is 0 Å². The monoisotopic (exact) mass is 197 g/mol. The normalized spacial score (nSPS) is 10.3. The van der Waals surface area contributed by atoms with Gasteiger partial charge in [0.2, 0.25) is 0 Å². The summed E-state index contributed by atoms with van der Waals surface area (Å²) in [5.41, 5.74) is 1.34. The zero-order valence-corrected chi connectivity index (χ0v) is 8.79. The van der Waals surface area contributed by atoms with Gasteiger partial charge in [0.1, 0.15) is 0 Å². The van der Waals surface area contributed by atoms with Crippen molar-refractivity contribution in [2.45, 2.75) is 25.7 Å². The maximum atomic E-state index is 5.22. The van der Waals surface area contributed by atoms with Gasteiger partial charge in [-0.05, 0) is 24.6 Å². The Bertz CT molecular complexity index is 473. The highest BCUT2D eigenvalue weighted by molar-refractivity contribution is 5.85. The Morgan fingerprint density at radius 2 is 2.07 bits per heavy atom. The number of hydrogen-bond donors (Lipinski definition) is 1. The standard InChI is InChI=1S/C14H15N/c1-2-3-4-5-10-14-13-9-7-6-8-12(13)11-15-14/h1,6-9,11,15H,3-5,10H2. The van der Waals surface area contributed by atoms with Crippen LogP contribution in [0.5, 0.6) is 0 Å². The minimum Gasteiger partial charge on any atom is -0.364 e. The van der Waals surface area contributed by atoms with E-state index in [1.807, 2.05) is 0 Å². The third-order valence-corrected chi connectivity index (χ3v) is 2.69. The summed E-state index contributed by atoms with van der Waals surface area (Å²) in [7, 11) is 0. The summed E-state index contributed by atoms with van der Waals surface area (Å²) in [6, 6.07) is 8.46. The SMILES string of the molecule is C#CCCCCc1[nH]cc2ccccc12. The molecular formula is C14H15N. The molecule has 0 saturated heterocycles. The van der Waals surface area contributed by atoms with Crippen LogP contribution in [0.25, 0.3) is 10.8 Å². The van der Waals surface area contributed by atoms with E-state index in [-0.39, 0.29) is 0 Å². The van der Waals surface area contributed by atoms with Crippen LogP contribution in [0.1, 0.15) is 25.0 Å². The largest absolute Gasteiger partial charge is 0.364 e. The van der Waals surface area contributed by atoms with E-state index in [1.54, 1.807) is 0 Å². The highest BCUT2D eigenvalue weighted by Gasteiger charge is 2.01. The predicted molar refractivity (Wildman–Crippen MR) is 64.7 cm³/mol. The average Bonchev–Trinajstić information content (AvgIpc) is 2.68. The number of hydrogen-bond acceptors (Lipinski definition) is 0. The van der Waals surface area contributed by atoms with Crippen molar-refractivity contribution in [1.82, 2.24) is 4.98 Å². The Morgan fingerprint density at radius 3 is 2.93 bits per heavy atom. The maximum absolute atomic E-state index is 5.22. The zero-order valence-electron chi connectivity index (χ0n) is 8.79. The predicted octanol–water partition coefficient (Wildman–Crippen LogP) is 3.51. The van der Waals surface area contributed by atoms with E-state index in [1.165, 1.54) is 16.5 Å². The molecule has 0 aliphatic heterocycles. The van der Waals surface area contributed by atoms with Gasteiger partial charge in [-0.25, -0.2) is 0 Å². The Labute approximate surface area is 90.5 Å². The van der Waals surface area contributed by atoms with E-state index in [0.29, 0.717) is 0 Å². The van der Waals surface area contributed by atoms with Crippen molar-refractivity contribution in [3.05, 3.63) is 36.2 Å². The summed E-state index contributed by atoms with van der Waals surface area (Å²) in [5.74, 6) is 2.67. The molecule has 1 aromatic heterocycles. The number of rotatable bonds is 4. The lowest BCUT2D eigenvalue weighted by molar-refractivity contribution is 0.749. The lowest BCUT2D eigenvalue weighted by Gasteiger charge is -1.98. The number of terminal acetylenes is 1. The van der Waals surface area contributed by atoms with Crippen molar-refractivity contribution in [2.24, 2.45) is 0 Å². The van der Waals surface area contributed by atoms with Gasteiger partial charge in [-0.2, -0.15) is 0 Å². The first-order valence-corrected chi connectivity index (χ1v) is 5.40. The van der Waals surface area contributed by atoms with Crippen molar-refractivity contribution in [2.75, 3.05) is 0 Å². The van der Waals surface area contributed by atoms with Gasteiger partial charge < -0.3 is 4.98 Å². The highest BCUT2D eigenvalue weighted by atomic mass is 14.7. The minimum atomic E-state index is 0.888. The Hall–Kier alpha value is -1.68. The van der Waals surface area contributed by atoms with E-state index in [2.05, 4.69) is 41.4 Å². The molecule has 15 heavy (non-hydrogen) atoms. The van der Waals surface area contributed by atoms with Crippen LogP contribution in [0.15, 0.2) is 30.5 Å². The maximum Gasteiger partial charge on any atom is 0.0226 e. The van der Waals surface area contributed by atoms with Crippen LogP contribution in [0.3, 0.4) is 0 Å². The number of nitrogens with one attached hydrogen (secondary N) is 1. The van der Waals surface area contributed by atoms with Gasteiger partial charge in [-0.15, -0.1) is 12.3 Å². The molecule has 1 aromatic carbocycles. The lowest BCUT2D eigenvalue weighted by Crippen LogP contribution is -1.85. The molecule has 0 amide bonds. The molecule has 1 N–H and O–H groups in total. The summed E-state index contributed by atoms with van der Waals surface area (Å²) < 4.78 is 0. The van der Waals surface area contributed by atoms with Crippen LogP contribution in [-0.4, -0.2) is 4.98 Å². The number of H-pyrrole nitrogens is 1. The summed E-state index contributed by atoms with van der Waals surface area (Å²) in [6.45, 7) is 0. The first kappa shape index (κ1) is 9.86. The average molecular weight is 197 g/mol. The Balaban J connectivity index is 2.05. The number of aromatic nitrogens is 1. The molecule has 2 rings (SSSR count). The molecule has 2 aromatic rings. The zero-order chi connectivity index (χ0) is 10.5. The van der Waals surface area contributed by atoms with Crippen molar-refractivity contribution < 1.29 is 0 Å². The molecule has 1 heterocycles. The molecule has 1 nitrogen and oxygen atoms in total. The lowest BCUT2D eigenvalue weighted by atomic mass is 10.1. The number of aromatic amines is 1. The van der Waals surface area contributed by atoms with Crippen LogP contribution in [0, 0.1) is 12.3 Å². The van der Waals surface area contributed by atoms with Gasteiger partial charge in [-0.1, -0.05) is 24.3 Å². The summed E-state index contributed by atoms with van der Waals surface area (Å²) in [5, 5.41) is 2.64. The third kappa shape index (κ3) is 2.22. The number of aryl methyl sites for hydroxylation is 1. The fraction of sp³-hybridized carbons (Fsp3) is 0.286. The van der Waals surface area contributed by atoms with Crippen molar-refractivity contribution in [3.8, 4) is 12.3 Å². The molecule has 0 unspecified atom stereocenters. The molecule has 0 saturated carbocycles. The first-order valence-electron chi connectivity index (χ1n) is 5.40. The van der Waals surface area contributed by atoms with Gasteiger partial charge in [-0.3, -0.25) is 0 Å². The molecule has 0 fully saturated rings. The Morgan fingerprint density at radius 1 is 1.20 bits per heavy atom. The van der Waals surface area contributed by atoms with Crippen molar-refractivity contribution >= 4 is 10.8 Å². The van der Waals surface area contributed by atoms with Crippen LogP contribution in [0.2, 0.25) is 0 Å². The fourth-order valence-electron chi connectivity index (χ4n) is 1.88. The summed E-state index contributed by atoms with van der Waals surface area (Å²) in [4.78, 5) is 3.34. The molecule has 1 heteroatoms. The molecule has 0 bridgehead atoms. The highest BCUT2D eigenvalue weighted by Crippen LogP contribution is 2.19. The fourth-order valence-corrected chi connectivity index (χ4v) is 1.88. The molecule has 76 valence electrons. The third-order valence-electron chi connectivity index (χ3n) is 2.69. The first-order chi connectivity index (χ1) is 7.42. The van der Waals surface area contributed by atoms with E-state index < -0.39 is 0 Å². The van der Waals surface area contributed by atoms with Gasteiger partial charge in [0.25, 0.3) is 0 Å². The molecule has 0 aliphatic carbocycles.